The molecule has 2 rings (SSSR count). The molecule has 1 fully saturated rings. The summed E-state index contributed by atoms with van der Waals surface area (Å²) in [6.45, 7) is 3.60. The summed E-state index contributed by atoms with van der Waals surface area (Å²) in [7, 11) is -3.38. The zero-order valence-electron chi connectivity index (χ0n) is 11.0. The van der Waals surface area contributed by atoms with Gasteiger partial charge in [-0.05, 0) is 49.9 Å². The third-order valence-corrected chi connectivity index (χ3v) is 6.21. The summed E-state index contributed by atoms with van der Waals surface area (Å²) in [6.07, 6.45) is 1.70. The molecule has 0 spiro atoms. The van der Waals surface area contributed by atoms with Crippen molar-refractivity contribution in [3.8, 4) is 0 Å². The number of halogens is 1. The van der Waals surface area contributed by atoms with Crippen LogP contribution in [0.2, 0.25) is 0 Å². The van der Waals surface area contributed by atoms with Crippen LogP contribution in [-0.2, 0) is 10.0 Å². The Morgan fingerprint density at radius 3 is 2.58 bits per heavy atom. The number of rotatable bonds is 3. The molecule has 6 heteroatoms. The fourth-order valence-corrected chi connectivity index (χ4v) is 4.61. The van der Waals surface area contributed by atoms with E-state index in [1.54, 1.807) is 10.4 Å². The summed E-state index contributed by atoms with van der Waals surface area (Å²) in [5.74, 6) is 0.454. The first kappa shape index (κ1) is 15.0. The molecule has 0 bridgehead atoms. The molecule has 1 aromatic rings. The number of sulfonamides is 1. The first-order valence-electron chi connectivity index (χ1n) is 6.41. The van der Waals surface area contributed by atoms with Crippen molar-refractivity contribution in [3.05, 3.63) is 28.2 Å². The number of aryl methyl sites for hydroxylation is 1. The lowest BCUT2D eigenvalue weighted by molar-refractivity contribution is 0.278. The largest absolute Gasteiger partial charge is 0.330 e. The molecular formula is C13H19BrN2O2S. The van der Waals surface area contributed by atoms with Crippen LogP contribution in [0, 0.1) is 12.8 Å². The minimum absolute atomic E-state index is 0.396. The summed E-state index contributed by atoms with van der Waals surface area (Å²) in [5.41, 5.74) is 6.42. The van der Waals surface area contributed by atoms with E-state index in [1.165, 1.54) is 0 Å². The number of hydrogen-bond acceptors (Lipinski definition) is 3. The van der Waals surface area contributed by atoms with Crippen molar-refractivity contribution < 1.29 is 8.42 Å². The SMILES string of the molecule is Cc1ccc(Br)cc1S(=O)(=O)N1CCC(CN)CC1. The highest BCUT2D eigenvalue weighted by Gasteiger charge is 2.29. The van der Waals surface area contributed by atoms with Crippen LogP contribution in [0.15, 0.2) is 27.6 Å². The second-order valence-electron chi connectivity index (χ2n) is 4.99. The van der Waals surface area contributed by atoms with Gasteiger partial charge in [0.05, 0.1) is 4.90 Å². The fourth-order valence-electron chi connectivity index (χ4n) is 2.38. The van der Waals surface area contributed by atoms with Gasteiger partial charge in [0.1, 0.15) is 0 Å². The molecule has 0 atom stereocenters. The predicted octanol–water partition coefficient (Wildman–Crippen LogP) is 2.12. The number of nitrogens with two attached hydrogens (primary N) is 1. The van der Waals surface area contributed by atoms with Crippen molar-refractivity contribution in [2.24, 2.45) is 11.7 Å². The number of piperidine rings is 1. The molecule has 2 N–H and O–H groups in total. The van der Waals surface area contributed by atoms with E-state index >= 15 is 0 Å². The summed E-state index contributed by atoms with van der Waals surface area (Å²) in [6, 6.07) is 5.36. The van der Waals surface area contributed by atoms with E-state index in [2.05, 4.69) is 15.9 Å². The molecule has 0 radical (unpaired) electrons. The Labute approximate surface area is 123 Å². The van der Waals surface area contributed by atoms with Gasteiger partial charge in [0, 0.05) is 17.6 Å². The molecule has 0 aliphatic carbocycles. The fraction of sp³-hybridized carbons (Fsp3) is 0.538. The Kier molecular flexibility index (Phi) is 4.66. The van der Waals surface area contributed by atoms with E-state index in [0.29, 0.717) is 30.4 Å². The minimum Gasteiger partial charge on any atom is -0.330 e. The standard InChI is InChI=1S/C13H19BrN2O2S/c1-10-2-3-12(14)8-13(10)19(17,18)16-6-4-11(9-15)5-7-16/h2-3,8,11H,4-7,9,15H2,1H3. The molecule has 1 saturated heterocycles. The van der Waals surface area contributed by atoms with Crippen LogP contribution in [0.4, 0.5) is 0 Å². The second kappa shape index (κ2) is 5.91. The highest BCUT2D eigenvalue weighted by molar-refractivity contribution is 9.10. The second-order valence-corrected chi connectivity index (χ2v) is 7.82. The lowest BCUT2D eigenvalue weighted by Gasteiger charge is -2.31. The molecule has 1 heterocycles. The van der Waals surface area contributed by atoms with E-state index in [0.717, 1.165) is 22.9 Å². The lowest BCUT2D eigenvalue weighted by Crippen LogP contribution is -2.40. The monoisotopic (exact) mass is 346 g/mol. The molecule has 0 saturated carbocycles. The summed E-state index contributed by atoms with van der Waals surface area (Å²) in [4.78, 5) is 0.396. The Balaban J connectivity index is 2.26. The van der Waals surface area contributed by atoms with Crippen molar-refractivity contribution in [3.63, 3.8) is 0 Å². The zero-order chi connectivity index (χ0) is 14.0. The quantitative estimate of drug-likeness (QED) is 0.911. The van der Waals surface area contributed by atoms with Gasteiger partial charge >= 0.3 is 0 Å². The summed E-state index contributed by atoms with van der Waals surface area (Å²) in [5, 5.41) is 0. The molecular weight excluding hydrogens is 328 g/mol. The van der Waals surface area contributed by atoms with Crippen molar-refractivity contribution >= 4 is 26.0 Å². The van der Waals surface area contributed by atoms with Crippen LogP contribution < -0.4 is 5.73 Å². The van der Waals surface area contributed by atoms with Gasteiger partial charge in [-0.25, -0.2) is 8.42 Å². The molecule has 0 aromatic heterocycles. The Hall–Kier alpha value is -0.430. The lowest BCUT2D eigenvalue weighted by atomic mass is 9.99. The Morgan fingerprint density at radius 2 is 2.00 bits per heavy atom. The molecule has 106 valence electrons. The molecule has 0 amide bonds. The highest BCUT2D eigenvalue weighted by Crippen LogP contribution is 2.27. The number of benzene rings is 1. The van der Waals surface area contributed by atoms with Gasteiger partial charge in [0.2, 0.25) is 10.0 Å². The average Bonchev–Trinajstić information content (AvgIpc) is 2.41. The highest BCUT2D eigenvalue weighted by atomic mass is 79.9. The minimum atomic E-state index is -3.38. The third-order valence-electron chi connectivity index (χ3n) is 3.67. The van der Waals surface area contributed by atoms with Gasteiger partial charge in [0.25, 0.3) is 0 Å². The van der Waals surface area contributed by atoms with E-state index in [9.17, 15) is 8.42 Å². The van der Waals surface area contributed by atoms with Crippen molar-refractivity contribution in [2.75, 3.05) is 19.6 Å². The Morgan fingerprint density at radius 1 is 1.37 bits per heavy atom. The number of nitrogens with zero attached hydrogens (tertiary/aromatic N) is 1. The van der Waals surface area contributed by atoms with Gasteiger partial charge < -0.3 is 5.73 Å². The maximum absolute atomic E-state index is 12.6. The summed E-state index contributed by atoms with van der Waals surface area (Å²) >= 11 is 3.33. The van der Waals surface area contributed by atoms with Crippen molar-refractivity contribution in [2.45, 2.75) is 24.7 Å². The van der Waals surface area contributed by atoms with Gasteiger partial charge in [-0.2, -0.15) is 4.31 Å². The normalized spacial score (nSPS) is 18.7. The number of hydrogen-bond donors (Lipinski definition) is 1. The zero-order valence-corrected chi connectivity index (χ0v) is 13.4. The van der Waals surface area contributed by atoms with Crippen LogP contribution in [0.3, 0.4) is 0 Å². The van der Waals surface area contributed by atoms with E-state index in [-0.39, 0.29) is 0 Å². The van der Waals surface area contributed by atoms with Crippen LogP contribution in [0.25, 0.3) is 0 Å². The predicted molar refractivity (Wildman–Crippen MR) is 79.4 cm³/mol. The molecule has 1 aliphatic rings. The molecule has 0 unspecified atom stereocenters. The topological polar surface area (TPSA) is 63.4 Å². The van der Waals surface area contributed by atoms with Crippen LogP contribution in [-0.4, -0.2) is 32.4 Å². The molecule has 4 nitrogen and oxygen atoms in total. The van der Waals surface area contributed by atoms with Crippen LogP contribution >= 0.6 is 15.9 Å². The van der Waals surface area contributed by atoms with Crippen molar-refractivity contribution in [1.29, 1.82) is 0 Å². The molecule has 1 aromatic carbocycles. The first-order chi connectivity index (χ1) is 8.95. The van der Waals surface area contributed by atoms with E-state index in [4.69, 9.17) is 5.73 Å². The van der Waals surface area contributed by atoms with Gasteiger partial charge in [-0.1, -0.05) is 22.0 Å². The van der Waals surface area contributed by atoms with Crippen LogP contribution in [0.5, 0.6) is 0 Å². The Bertz CT molecular complexity index is 552. The first-order valence-corrected chi connectivity index (χ1v) is 8.65. The molecule has 1 aliphatic heterocycles. The van der Waals surface area contributed by atoms with Crippen molar-refractivity contribution in [1.82, 2.24) is 4.31 Å². The third kappa shape index (κ3) is 3.18. The summed E-state index contributed by atoms with van der Waals surface area (Å²) < 4.78 is 27.6. The maximum Gasteiger partial charge on any atom is 0.243 e. The van der Waals surface area contributed by atoms with Gasteiger partial charge in [0.15, 0.2) is 0 Å². The van der Waals surface area contributed by atoms with E-state index in [1.807, 2.05) is 19.1 Å². The molecule has 19 heavy (non-hydrogen) atoms. The average molecular weight is 347 g/mol. The maximum atomic E-state index is 12.6. The van der Waals surface area contributed by atoms with Gasteiger partial charge in [-0.15, -0.1) is 0 Å². The van der Waals surface area contributed by atoms with E-state index < -0.39 is 10.0 Å². The van der Waals surface area contributed by atoms with Gasteiger partial charge in [-0.3, -0.25) is 0 Å². The smallest absolute Gasteiger partial charge is 0.243 e. The van der Waals surface area contributed by atoms with Crippen LogP contribution in [0.1, 0.15) is 18.4 Å².